The van der Waals surface area contributed by atoms with Crippen molar-refractivity contribution in [1.82, 2.24) is 10.3 Å². The lowest BCUT2D eigenvalue weighted by molar-refractivity contribution is 0.0916. The van der Waals surface area contributed by atoms with Crippen molar-refractivity contribution in [3.63, 3.8) is 0 Å². The molecular formula is C15H15ClN2O2. The van der Waals surface area contributed by atoms with Gasteiger partial charge in [-0.15, -0.1) is 0 Å². The molecule has 1 amide bonds. The van der Waals surface area contributed by atoms with Crippen molar-refractivity contribution < 1.29 is 9.90 Å². The number of aliphatic hydroxyl groups is 1. The van der Waals surface area contributed by atoms with E-state index in [1.807, 2.05) is 30.3 Å². The highest BCUT2D eigenvalue weighted by atomic mass is 35.5. The van der Waals surface area contributed by atoms with Gasteiger partial charge in [-0.3, -0.25) is 4.79 Å². The highest BCUT2D eigenvalue weighted by Gasteiger charge is 2.16. The number of aliphatic hydroxyl groups excluding tert-OH is 1. The number of hydrogen-bond donors (Lipinski definition) is 2. The number of nitrogens with one attached hydrogen (secondary N) is 1. The molecule has 4 nitrogen and oxygen atoms in total. The van der Waals surface area contributed by atoms with Crippen LogP contribution in [0.1, 0.15) is 15.9 Å². The van der Waals surface area contributed by atoms with E-state index in [1.165, 1.54) is 6.20 Å². The van der Waals surface area contributed by atoms with E-state index in [-0.39, 0.29) is 23.7 Å². The van der Waals surface area contributed by atoms with Gasteiger partial charge in [0.2, 0.25) is 0 Å². The van der Waals surface area contributed by atoms with Crippen molar-refractivity contribution in [2.24, 2.45) is 0 Å². The predicted octanol–water partition coefficient (Wildman–Crippen LogP) is 2.07. The highest BCUT2D eigenvalue weighted by molar-refractivity contribution is 6.32. The molecule has 2 aromatic rings. The van der Waals surface area contributed by atoms with Crippen LogP contribution in [0.25, 0.3) is 0 Å². The zero-order valence-electron chi connectivity index (χ0n) is 10.8. The molecule has 1 atom stereocenters. The molecule has 1 aromatic heterocycles. The third-order valence-electron chi connectivity index (χ3n) is 2.88. The SMILES string of the molecule is O=C(NC(CO)Cc1ccccc1)c1cccnc1Cl. The van der Waals surface area contributed by atoms with Crippen molar-refractivity contribution in [3.05, 3.63) is 64.9 Å². The molecule has 1 aromatic carbocycles. The van der Waals surface area contributed by atoms with Crippen molar-refractivity contribution >= 4 is 17.5 Å². The lowest BCUT2D eigenvalue weighted by Gasteiger charge is -2.16. The number of nitrogens with zero attached hydrogens (tertiary/aromatic N) is 1. The Bertz CT molecular complexity index is 575. The summed E-state index contributed by atoms with van der Waals surface area (Å²) in [4.78, 5) is 15.9. The normalized spacial score (nSPS) is 11.9. The summed E-state index contributed by atoms with van der Waals surface area (Å²) in [5.74, 6) is -0.335. The van der Waals surface area contributed by atoms with Crippen LogP contribution in [0.4, 0.5) is 0 Å². The topological polar surface area (TPSA) is 62.2 Å². The molecule has 5 heteroatoms. The summed E-state index contributed by atoms with van der Waals surface area (Å²) in [6.45, 7) is -0.140. The highest BCUT2D eigenvalue weighted by Crippen LogP contribution is 2.12. The maximum Gasteiger partial charge on any atom is 0.254 e. The Morgan fingerprint density at radius 2 is 2.00 bits per heavy atom. The minimum atomic E-state index is -0.360. The van der Waals surface area contributed by atoms with Gasteiger partial charge < -0.3 is 10.4 Å². The Hall–Kier alpha value is -1.91. The van der Waals surface area contributed by atoms with Gasteiger partial charge in [0.05, 0.1) is 18.2 Å². The molecule has 2 N–H and O–H groups in total. The van der Waals surface area contributed by atoms with E-state index >= 15 is 0 Å². The molecule has 0 spiro atoms. The summed E-state index contributed by atoms with van der Waals surface area (Å²) in [6, 6.07) is 12.5. The average molecular weight is 291 g/mol. The maximum absolute atomic E-state index is 12.1. The van der Waals surface area contributed by atoms with Crippen LogP contribution in [-0.2, 0) is 6.42 Å². The number of carbonyl (C=O) groups excluding carboxylic acids is 1. The number of hydrogen-bond acceptors (Lipinski definition) is 3. The van der Waals surface area contributed by atoms with Gasteiger partial charge in [0.1, 0.15) is 5.15 Å². The maximum atomic E-state index is 12.1. The van der Waals surface area contributed by atoms with Gasteiger partial charge in [-0.05, 0) is 24.1 Å². The Morgan fingerprint density at radius 3 is 2.65 bits per heavy atom. The molecule has 0 aliphatic heterocycles. The smallest absolute Gasteiger partial charge is 0.254 e. The van der Waals surface area contributed by atoms with Crippen molar-refractivity contribution in [3.8, 4) is 0 Å². The van der Waals surface area contributed by atoms with Crippen LogP contribution in [0, 0.1) is 0 Å². The predicted molar refractivity (Wildman–Crippen MR) is 77.7 cm³/mol. The summed E-state index contributed by atoms with van der Waals surface area (Å²) in [7, 11) is 0. The quantitative estimate of drug-likeness (QED) is 0.829. The van der Waals surface area contributed by atoms with Crippen molar-refractivity contribution in [1.29, 1.82) is 0 Å². The van der Waals surface area contributed by atoms with E-state index in [4.69, 9.17) is 11.6 Å². The summed E-state index contributed by atoms with van der Waals surface area (Å²) in [5.41, 5.74) is 1.35. The Balaban J connectivity index is 2.03. The summed E-state index contributed by atoms with van der Waals surface area (Å²) in [6.07, 6.45) is 2.08. The number of aromatic nitrogens is 1. The molecule has 0 saturated heterocycles. The second kappa shape index (κ2) is 7.03. The fourth-order valence-corrected chi connectivity index (χ4v) is 2.08. The molecule has 2 rings (SSSR count). The Kier molecular flexibility index (Phi) is 5.09. The summed E-state index contributed by atoms with van der Waals surface area (Å²) in [5, 5.41) is 12.3. The Morgan fingerprint density at radius 1 is 1.25 bits per heavy atom. The second-order valence-electron chi connectivity index (χ2n) is 4.38. The van der Waals surface area contributed by atoms with Gasteiger partial charge in [-0.2, -0.15) is 0 Å². The standard InChI is InChI=1S/C15H15ClN2O2/c16-14-13(7-4-8-17-14)15(20)18-12(10-19)9-11-5-2-1-3-6-11/h1-8,12,19H,9-10H2,(H,18,20). The van der Waals surface area contributed by atoms with Gasteiger partial charge in [-0.25, -0.2) is 4.98 Å². The second-order valence-corrected chi connectivity index (χ2v) is 4.74. The molecule has 0 fully saturated rings. The monoisotopic (exact) mass is 290 g/mol. The lowest BCUT2D eigenvalue weighted by atomic mass is 10.1. The van der Waals surface area contributed by atoms with E-state index in [9.17, 15) is 9.90 Å². The van der Waals surface area contributed by atoms with Crippen LogP contribution in [0.5, 0.6) is 0 Å². The third kappa shape index (κ3) is 3.79. The fraction of sp³-hybridized carbons (Fsp3) is 0.200. The molecule has 1 unspecified atom stereocenters. The number of carbonyl (C=O) groups is 1. The van der Waals surface area contributed by atoms with Crippen LogP contribution in [0.15, 0.2) is 48.7 Å². The fourth-order valence-electron chi connectivity index (χ4n) is 1.88. The lowest BCUT2D eigenvalue weighted by Crippen LogP contribution is -2.39. The van der Waals surface area contributed by atoms with Gasteiger partial charge >= 0.3 is 0 Å². The minimum absolute atomic E-state index is 0.140. The van der Waals surface area contributed by atoms with Crippen molar-refractivity contribution in [2.45, 2.75) is 12.5 Å². The molecule has 0 saturated carbocycles. The molecule has 0 bridgehead atoms. The first-order valence-corrected chi connectivity index (χ1v) is 6.64. The number of pyridine rings is 1. The van der Waals surface area contributed by atoms with Gasteiger partial charge in [0.15, 0.2) is 0 Å². The Labute approximate surface area is 122 Å². The first-order chi connectivity index (χ1) is 9.70. The van der Waals surface area contributed by atoms with Crippen LogP contribution < -0.4 is 5.32 Å². The molecule has 0 aliphatic rings. The molecule has 1 heterocycles. The number of amides is 1. The van der Waals surface area contributed by atoms with Gasteiger partial charge in [0.25, 0.3) is 5.91 Å². The van der Waals surface area contributed by atoms with Crippen LogP contribution in [0.3, 0.4) is 0 Å². The number of halogens is 1. The van der Waals surface area contributed by atoms with E-state index in [0.717, 1.165) is 5.56 Å². The summed E-state index contributed by atoms with van der Waals surface area (Å²) < 4.78 is 0. The van der Waals surface area contributed by atoms with Crippen LogP contribution >= 0.6 is 11.6 Å². The zero-order chi connectivity index (χ0) is 14.4. The van der Waals surface area contributed by atoms with E-state index in [1.54, 1.807) is 12.1 Å². The molecular weight excluding hydrogens is 276 g/mol. The first kappa shape index (κ1) is 14.5. The molecule has 20 heavy (non-hydrogen) atoms. The summed E-state index contributed by atoms with van der Waals surface area (Å²) >= 11 is 5.87. The van der Waals surface area contributed by atoms with E-state index in [0.29, 0.717) is 12.0 Å². The number of rotatable bonds is 5. The molecule has 0 radical (unpaired) electrons. The third-order valence-corrected chi connectivity index (χ3v) is 3.19. The largest absolute Gasteiger partial charge is 0.394 e. The zero-order valence-corrected chi connectivity index (χ0v) is 11.5. The van der Waals surface area contributed by atoms with E-state index in [2.05, 4.69) is 10.3 Å². The van der Waals surface area contributed by atoms with Crippen LogP contribution in [0.2, 0.25) is 5.15 Å². The molecule has 0 aliphatic carbocycles. The van der Waals surface area contributed by atoms with Crippen LogP contribution in [-0.4, -0.2) is 28.6 Å². The minimum Gasteiger partial charge on any atom is -0.394 e. The molecule has 104 valence electrons. The van der Waals surface area contributed by atoms with Crippen molar-refractivity contribution in [2.75, 3.05) is 6.61 Å². The number of benzene rings is 1. The van der Waals surface area contributed by atoms with Gasteiger partial charge in [-0.1, -0.05) is 41.9 Å². The first-order valence-electron chi connectivity index (χ1n) is 6.27. The average Bonchev–Trinajstić information content (AvgIpc) is 2.48. The van der Waals surface area contributed by atoms with Gasteiger partial charge in [0, 0.05) is 6.20 Å². The van der Waals surface area contributed by atoms with E-state index < -0.39 is 0 Å².